The second-order valence-corrected chi connectivity index (χ2v) is 15.6. The molecular formula is C36H54F6N6O4S. The van der Waals surface area contributed by atoms with Gasteiger partial charge in [-0.2, -0.15) is 26.3 Å². The van der Waals surface area contributed by atoms with Gasteiger partial charge in [-0.05, 0) is 108 Å². The predicted octanol–water partition coefficient (Wildman–Crippen LogP) is 7.27. The van der Waals surface area contributed by atoms with Crippen molar-refractivity contribution in [3.8, 4) is 0 Å². The molecule has 1 aliphatic carbocycles. The number of carbonyl (C=O) groups excluding carboxylic acids is 1. The zero-order valence-electron chi connectivity index (χ0n) is 31.1. The number of unbranched alkanes of at least 4 members (excludes halogenated alkanes) is 1. The van der Waals surface area contributed by atoms with Crippen molar-refractivity contribution in [1.82, 2.24) is 26.0 Å². The monoisotopic (exact) mass is 780 g/mol. The predicted molar refractivity (Wildman–Crippen MR) is 195 cm³/mol. The lowest BCUT2D eigenvalue weighted by molar-refractivity contribution is -0.143. The van der Waals surface area contributed by atoms with E-state index in [0.29, 0.717) is 57.1 Å². The summed E-state index contributed by atoms with van der Waals surface area (Å²) in [5.74, 6) is 0.773. The van der Waals surface area contributed by atoms with Crippen LogP contribution in [0.25, 0.3) is 0 Å². The highest BCUT2D eigenvalue weighted by molar-refractivity contribution is 7.89. The minimum absolute atomic E-state index is 0.104. The smallest absolute Gasteiger partial charge is 0.416 e. The molecule has 17 heteroatoms. The Hall–Kier alpha value is -3.57. The lowest BCUT2D eigenvalue weighted by Crippen LogP contribution is -2.34. The molecular weight excluding hydrogens is 726 g/mol. The number of aliphatic imine (C=N–C) groups is 1. The van der Waals surface area contributed by atoms with Gasteiger partial charge in [0, 0.05) is 38.0 Å². The molecule has 1 amide bonds. The number of amides is 1. The number of amidine groups is 1. The Kier molecular flexibility index (Phi) is 17.9. The van der Waals surface area contributed by atoms with Crippen LogP contribution in [0.2, 0.25) is 0 Å². The van der Waals surface area contributed by atoms with Crippen LogP contribution >= 0.6 is 0 Å². The maximum absolute atomic E-state index is 13.2. The van der Waals surface area contributed by atoms with E-state index in [9.17, 15) is 39.6 Å². The molecule has 1 aromatic carbocycles. The summed E-state index contributed by atoms with van der Waals surface area (Å²) in [6.45, 7) is 13.4. The molecule has 0 spiro atoms. The third kappa shape index (κ3) is 17.0. The molecule has 0 heterocycles. The molecule has 0 radical (unpaired) electrons. The van der Waals surface area contributed by atoms with Gasteiger partial charge in [-0.25, -0.2) is 17.9 Å². The van der Waals surface area contributed by atoms with Gasteiger partial charge >= 0.3 is 18.4 Å². The minimum Gasteiger partial charge on any atom is -0.444 e. The number of rotatable bonds is 18. The van der Waals surface area contributed by atoms with Gasteiger partial charge in [0.05, 0.1) is 22.7 Å². The first-order valence-corrected chi connectivity index (χ1v) is 19.1. The summed E-state index contributed by atoms with van der Waals surface area (Å²) in [4.78, 5) is 15.6. The van der Waals surface area contributed by atoms with Crippen LogP contribution in [0.1, 0.15) is 83.8 Å². The number of nitrogens with one attached hydrogen (secondary N) is 5. The van der Waals surface area contributed by atoms with Gasteiger partial charge < -0.3 is 20.7 Å². The summed E-state index contributed by atoms with van der Waals surface area (Å²) in [5, 5.41) is 12.6. The molecule has 10 nitrogen and oxygen atoms in total. The Morgan fingerprint density at radius 3 is 1.98 bits per heavy atom. The third-order valence-corrected chi connectivity index (χ3v) is 9.67. The van der Waals surface area contributed by atoms with Gasteiger partial charge in [-0.1, -0.05) is 25.7 Å². The second kappa shape index (κ2) is 20.8. The molecule has 0 atom stereocenters. The number of hydrogen-bond donors (Lipinski definition) is 5. The van der Waals surface area contributed by atoms with Crippen molar-refractivity contribution in [2.24, 2.45) is 16.8 Å². The number of hydrogen-bond acceptors (Lipinski definition) is 7. The Balaban J connectivity index is 1.94. The molecule has 1 saturated carbocycles. The van der Waals surface area contributed by atoms with Crippen LogP contribution in [0.5, 0.6) is 0 Å². The first kappa shape index (κ1) is 45.6. The molecule has 5 N–H and O–H groups in total. The maximum atomic E-state index is 13.2. The zero-order chi connectivity index (χ0) is 39.9. The fraction of sp³-hybridized carbons (Fsp3) is 0.611. The summed E-state index contributed by atoms with van der Waals surface area (Å²) in [7, 11) is -2.86. The van der Waals surface area contributed by atoms with Gasteiger partial charge in [0.25, 0.3) is 0 Å². The van der Waals surface area contributed by atoms with Crippen LogP contribution in [-0.4, -0.2) is 65.8 Å². The second-order valence-electron chi connectivity index (χ2n) is 13.8. The van der Waals surface area contributed by atoms with Crippen molar-refractivity contribution in [3.63, 3.8) is 0 Å². The summed E-state index contributed by atoms with van der Waals surface area (Å²) in [5.41, 5.74) is -2.49. The fourth-order valence-electron chi connectivity index (χ4n) is 5.39. The van der Waals surface area contributed by atoms with E-state index in [-0.39, 0.29) is 36.6 Å². The van der Waals surface area contributed by atoms with Gasteiger partial charge in [0.1, 0.15) is 11.4 Å². The molecule has 0 unspecified atom stereocenters. The van der Waals surface area contributed by atoms with Crippen molar-refractivity contribution < 1.29 is 44.3 Å². The fourth-order valence-corrected chi connectivity index (χ4v) is 6.58. The molecule has 53 heavy (non-hydrogen) atoms. The highest BCUT2D eigenvalue weighted by atomic mass is 32.2. The van der Waals surface area contributed by atoms with Crippen LogP contribution < -0.4 is 26.0 Å². The molecule has 300 valence electrons. The van der Waals surface area contributed by atoms with Crippen LogP contribution in [-0.2, 0) is 27.1 Å². The maximum Gasteiger partial charge on any atom is 0.416 e. The molecule has 2 rings (SSSR count). The number of carbonyl (C=O) groups is 1. The lowest BCUT2D eigenvalue weighted by Gasteiger charge is -2.28. The molecule has 1 aromatic rings. The van der Waals surface area contributed by atoms with E-state index < -0.39 is 50.1 Å². The number of alkyl carbamates (subject to hydrolysis) is 1. The van der Waals surface area contributed by atoms with Crippen molar-refractivity contribution in [2.75, 3.05) is 39.9 Å². The van der Waals surface area contributed by atoms with E-state index in [4.69, 9.17) is 9.73 Å². The standard InChI is InChI=1S/C36H54F6N6O4S/c1-7-8-9-12-31(25(2)43-6)32(45-17-10-11-18-46-33(49)52-34(3,4)5)47-24-44-22-26-13-15-27(16-14-26)23-48-53(50,51)30-20-28(35(37,38)39)19-29(21-30)36(40,41)42/h8-9,12,19-21,26-27,43-44,48H,2,7,10-11,13-18,22-24H2,1,3-6H3,(H,45,47)(H,46,49)/b9-8-,31-12+. The Labute approximate surface area is 309 Å². The topological polar surface area (TPSA) is 133 Å². The normalized spacial score (nSPS) is 17.9. The number of likely N-dealkylation sites (N-methyl/N-ethyl adjacent to an activating group) is 1. The number of allylic oxidation sites excluding steroid dienone is 3. The molecule has 0 aromatic heterocycles. The number of halogens is 6. The number of alkyl halides is 6. The summed E-state index contributed by atoms with van der Waals surface area (Å²) >= 11 is 0. The lowest BCUT2D eigenvalue weighted by atomic mass is 9.82. The Bertz CT molecular complexity index is 1510. The van der Waals surface area contributed by atoms with E-state index in [0.717, 1.165) is 31.3 Å². The van der Waals surface area contributed by atoms with E-state index in [1.165, 1.54) is 0 Å². The number of nitrogens with zero attached hydrogens (tertiary/aromatic N) is 1. The summed E-state index contributed by atoms with van der Waals surface area (Å²) in [6, 6.07) is 0.324. The molecule has 1 aliphatic rings. The first-order valence-electron chi connectivity index (χ1n) is 17.7. The van der Waals surface area contributed by atoms with Crippen LogP contribution in [0.3, 0.4) is 0 Å². The highest BCUT2D eigenvalue weighted by Crippen LogP contribution is 2.37. The van der Waals surface area contributed by atoms with Crippen molar-refractivity contribution in [2.45, 2.75) is 95.5 Å². The highest BCUT2D eigenvalue weighted by Gasteiger charge is 2.38. The van der Waals surface area contributed by atoms with E-state index >= 15 is 0 Å². The molecule has 0 aliphatic heterocycles. The number of ether oxygens (including phenoxy) is 1. The van der Waals surface area contributed by atoms with Crippen molar-refractivity contribution in [1.29, 1.82) is 0 Å². The molecule has 0 saturated heterocycles. The van der Waals surface area contributed by atoms with Gasteiger partial charge in [0.15, 0.2) is 0 Å². The van der Waals surface area contributed by atoms with Crippen LogP contribution in [0, 0.1) is 11.8 Å². The average molecular weight is 781 g/mol. The Morgan fingerprint density at radius 2 is 1.47 bits per heavy atom. The minimum atomic E-state index is -5.16. The Morgan fingerprint density at radius 1 is 0.925 bits per heavy atom. The van der Waals surface area contributed by atoms with Crippen molar-refractivity contribution in [3.05, 3.63) is 65.4 Å². The molecule has 0 bridgehead atoms. The largest absolute Gasteiger partial charge is 0.444 e. The number of sulfonamides is 1. The first-order chi connectivity index (χ1) is 24.7. The third-order valence-electron chi connectivity index (χ3n) is 8.26. The van der Waals surface area contributed by atoms with Gasteiger partial charge in [-0.3, -0.25) is 10.3 Å². The van der Waals surface area contributed by atoms with Gasteiger partial charge in [-0.15, -0.1) is 0 Å². The summed E-state index contributed by atoms with van der Waals surface area (Å²) in [6.07, 6.45) is 0.171. The average Bonchev–Trinajstić information content (AvgIpc) is 3.07. The quantitative estimate of drug-likeness (QED) is 0.0348. The van der Waals surface area contributed by atoms with E-state index in [1.807, 2.05) is 25.2 Å². The number of benzene rings is 1. The van der Waals surface area contributed by atoms with Gasteiger partial charge in [0.2, 0.25) is 10.0 Å². The van der Waals surface area contributed by atoms with E-state index in [1.54, 1.807) is 27.8 Å². The van der Waals surface area contributed by atoms with Crippen molar-refractivity contribution >= 4 is 22.0 Å². The SMILES string of the molecule is C=C(NC)C(=C\C=C/CC)/C(=N\CNCC1CCC(CNS(=O)(=O)c2cc(C(F)(F)F)cc(C(F)(F)F)c2)CC1)NCCCCNC(=O)OC(C)(C)C. The zero-order valence-corrected chi connectivity index (χ0v) is 31.9. The van der Waals surface area contributed by atoms with Crippen LogP contribution in [0.4, 0.5) is 31.1 Å². The summed E-state index contributed by atoms with van der Waals surface area (Å²) < 4.78 is 113. The van der Waals surface area contributed by atoms with Crippen LogP contribution in [0.15, 0.2) is 64.2 Å². The van der Waals surface area contributed by atoms with E-state index in [2.05, 4.69) is 32.6 Å². The molecule has 1 fully saturated rings.